The molecule has 3 rings (SSSR count). The molecular weight excluding hydrogens is 376 g/mol. The van der Waals surface area contributed by atoms with Crippen molar-refractivity contribution in [1.82, 2.24) is 5.32 Å². The number of carbonyl (C=O) groups is 2. The van der Waals surface area contributed by atoms with Gasteiger partial charge in [0.25, 0.3) is 11.8 Å². The second-order valence-electron chi connectivity index (χ2n) is 6.12. The fourth-order valence-corrected chi connectivity index (χ4v) is 4.52. The smallest absolute Gasteiger partial charge is 0.255 e. The second-order valence-corrected chi connectivity index (χ2v) is 8.78. The minimum absolute atomic E-state index is 0.0461. The zero-order valence-corrected chi connectivity index (χ0v) is 15.3. The van der Waals surface area contributed by atoms with Gasteiger partial charge in [-0.1, -0.05) is 17.7 Å². The van der Waals surface area contributed by atoms with E-state index in [1.165, 1.54) is 6.07 Å². The predicted octanol–water partition coefficient (Wildman–Crippen LogP) is 2.51. The molecule has 2 aromatic carbocycles. The summed E-state index contributed by atoms with van der Waals surface area (Å²) in [6.07, 6.45) is 0.408. The highest BCUT2D eigenvalue weighted by molar-refractivity contribution is 7.91. The number of carbonyl (C=O) groups excluding carboxylic acids is 2. The van der Waals surface area contributed by atoms with Crippen molar-refractivity contribution in [3.05, 3.63) is 64.7 Å². The van der Waals surface area contributed by atoms with Crippen LogP contribution < -0.4 is 10.6 Å². The van der Waals surface area contributed by atoms with Crippen LogP contribution in [0, 0.1) is 0 Å². The van der Waals surface area contributed by atoms with Gasteiger partial charge in [0.15, 0.2) is 9.84 Å². The van der Waals surface area contributed by atoms with Crippen LogP contribution in [0.3, 0.4) is 0 Å². The third-order valence-electron chi connectivity index (χ3n) is 4.06. The summed E-state index contributed by atoms with van der Waals surface area (Å²) in [6.45, 7) is 0. The molecule has 1 fully saturated rings. The summed E-state index contributed by atoms with van der Waals surface area (Å²) in [5.74, 6) is -0.713. The number of hydrogen-bond acceptors (Lipinski definition) is 4. The van der Waals surface area contributed by atoms with Crippen molar-refractivity contribution >= 4 is 38.9 Å². The maximum absolute atomic E-state index is 12.3. The van der Waals surface area contributed by atoms with Gasteiger partial charge in [-0.3, -0.25) is 9.59 Å². The zero-order chi connectivity index (χ0) is 18.7. The fraction of sp³-hybridized carbons (Fsp3) is 0.222. The van der Waals surface area contributed by atoms with E-state index < -0.39 is 15.7 Å². The molecule has 1 heterocycles. The largest absolute Gasteiger partial charge is 0.348 e. The van der Waals surface area contributed by atoms with Crippen molar-refractivity contribution in [2.24, 2.45) is 0 Å². The SMILES string of the molecule is O=C(Nc1ccc(Cl)cc1)c1cccc(C(=O)NC2CCS(=O)(=O)C2)c1. The number of anilines is 1. The molecule has 8 heteroatoms. The van der Waals surface area contributed by atoms with Crippen molar-refractivity contribution in [3.8, 4) is 0 Å². The number of halogens is 1. The molecule has 0 aromatic heterocycles. The van der Waals surface area contributed by atoms with Gasteiger partial charge in [0.05, 0.1) is 11.5 Å². The van der Waals surface area contributed by atoms with Crippen LogP contribution in [0.2, 0.25) is 5.02 Å². The van der Waals surface area contributed by atoms with Crippen LogP contribution in [-0.4, -0.2) is 37.8 Å². The van der Waals surface area contributed by atoms with Crippen LogP contribution in [0.1, 0.15) is 27.1 Å². The van der Waals surface area contributed by atoms with Gasteiger partial charge in [-0.15, -0.1) is 0 Å². The van der Waals surface area contributed by atoms with E-state index in [1.807, 2.05) is 0 Å². The Bertz CT molecular complexity index is 942. The van der Waals surface area contributed by atoms with Crippen LogP contribution in [0.15, 0.2) is 48.5 Å². The summed E-state index contributed by atoms with van der Waals surface area (Å²) in [5, 5.41) is 6.00. The molecule has 2 N–H and O–H groups in total. The van der Waals surface area contributed by atoms with E-state index in [2.05, 4.69) is 10.6 Å². The lowest BCUT2D eigenvalue weighted by molar-refractivity contribution is 0.0941. The first-order valence-corrected chi connectivity index (χ1v) is 10.2. The maximum Gasteiger partial charge on any atom is 0.255 e. The van der Waals surface area contributed by atoms with E-state index in [0.717, 1.165) is 0 Å². The summed E-state index contributed by atoms with van der Waals surface area (Å²) in [6, 6.07) is 12.6. The Balaban J connectivity index is 1.68. The van der Waals surface area contributed by atoms with E-state index >= 15 is 0 Å². The Labute approximate surface area is 156 Å². The number of nitrogens with one attached hydrogen (secondary N) is 2. The number of benzene rings is 2. The summed E-state index contributed by atoms with van der Waals surface area (Å²) in [5.41, 5.74) is 1.22. The molecule has 0 radical (unpaired) electrons. The number of rotatable bonds is 4. The van der Waals surface area contributed by atoms with Gasteiger partial charge in [0, 0.05) is 27.9 Å². The van der Waals surface area contributed by atoms with Gasteiger partial charge in [0.2, 0.25) is 0 Å². The third kappa shape index (κ3) is 4.62. The Kier molecular flexibility index (Phi) is 5.29. The first-order chi connectivity index (χ1) is 12.3. The standard InChI is InChI=1S/C18H17ClN2O4S/c19-14-4-6-15(7-5-14)20-17(22)12-2-1-3-13(10-12)18(23)21-16-8-9-26(24,25)11-16/h1-7,10,16H,8-9,11H2,(H,20,22)(H,21,23). The molecule has 0 aliphatic carbocycles. The second kappa shape index (κ2) is 7.47. The van der Waals surface area contributed by atoms with E-state index in [4.69, 9.17) is 11.6 Å². The molecule has 0 spiro atoms. The highest BCUT2D eigenvalue weighted by Crippen LogP contribution is 2.16. The van der Waals surface area contributed by atoms with E-state index in [-0.39, 0.29) is 23.5 Å². The van der Waals surface area contributed by atoms with Crippen LogP contribution in [0.5, 0.6) is 0 Å². The lowest BCUT2D eigenvalue weighted by atomic mass is 10.1. The molecule has 1 aliphatic rings. The first-order valence-electron chi connectivity index (χ1n) is 8.01. The van der Waals surface area contributed by atoms with Gasteiger partial charge in [-0.05, 0) is 48.9 Å². The van der Waals surface area contributed by atoms with Crippen molar-refractivity contribution in [3.63, 3.8) is 0 Å². The lowest BCUT2D eigenvalue weighted by Crippen LogP contribution is -2.35. The molecule has 1 saturated heterocycles. The van der Waals surface area contributed by atoms with Crippen LogP contribution >= 0.6 is 11.6 Å². The quantitative estimate of drug-likeness (QED) is 0.836. The normalized spacial score (nSPS) is 18.3. The van der Waals surface area contributed by atoms with E-state index in [1.54, 1.807) is 42.5 Å². The monoisotopic (exact) mass is 392 g/mol. The third-order valence-corrected chi connectivity index (χ3v) is 6.08. The molecule has 2 aromatic rings. The topological polar surface area (TPSA) is 92.3 Å². The molecule has 1 atom stereocenters. The molecule has 0 bridgehead atoms. The molecule has 2 amide bonds. The Morgan fingerprint density at radius 2 is 1.65 bits per heavy atom. The van der Waals surface area contributed by atoms with Crippen molar-refractivity contribution in [2.45, 2.75) is 12.5 Å². The van der Waals surface area contributed by atoms with Crippen molar-refractivity contribution in [1.29, 1.82) is 0 Å². The molecular formula is C18H17ClN2O4S. The average molecular weight is 393 g/mol. The molecule has 26 heavy (non-hydrogen) atoms. The zero-order valence-electron chi connectivity index (χ0n) is 13.7. The van der Waals surface area contributed by atoms with Gasteiger partial charge in [-0.2, -0.15) is 0 Å². The fourth-order valence-electron chi connectivity index (χ4n) is 2.72. The minimum Gasteiger partial charge on any atom is -0.348 e. The van der Waals surface area contributed by atoms with Crippen molar-refractivity contribution < 1.29 is 18.0 Å². The molecule has 1 unspecified atom stereocenters. The van der Waals surface area contributed by atoms with Gasteiger partial charge >= 0.3 is 0 Å². The van der Waals surface area contributed by atoms with E-state index in [9.17, 15) is 18.0 Å². The molecule has 1 aliphatic heterocycles. The first kappa shape index (κ1) is 18.4. The summed E-state index contributed by atoms with van der Waals surface area (Å²) >= 11 is 5.81. The average Bonchev–Trinajstić information content (AvgIpc) is 2.95. The lowest BCUT2D eigenvalue weighted by Gasteiger charge is -2.11. The number of sulfone groups is 1. The predicted molar refractivity (Wildman–Crippen MR) is 100 cm³/mol. The highest BCUT2D eigenvalue weighted by atomic mass is 35.5. The van der Waals surface area contributed by atoms with Gasteiger partial charge < -0.3 is 10.6 Å². The van der Waals surface area contributed by atoms with E-state index in [0.29, 0.717) is 28.3 Å². The van der Waals surface area contributed by atoms with Crippen molar-refractivity contribution in [2.75, 3.05) is 16.8 Å². The highest BCUT2D eigenvalue weighted by Gasteiger charge is 2.29. The van der Waals surface area contributed by atoms with Gasteiger partial charge in [0.1, 0.15) is 0 Å². The number of amides is 2. The minimum atomic E-state index is -3.07. The Morgan fingerprint density at radius 1 is 1.00 bits per heavy atom. The van der Waals surface area contributed by atoms with Crippen LogP contribution in [0.25, 0.3) is 0 Å². The maximum atomic E-state index is 12.3. The Hall–Kier alpha value is -2.38. The van der Waals surface area contributed by atoms with Crippen LogP contribution in [-0.2, 0) is 9.84 Å². The van der Waals surface area contributed by atoms with Crippen LogP contribution in [0.4, 0.5) is 5.69 Å². The molecule has 6 nitrogen and oxygen atoms in total. The Morgan fingerprint density at radius 3 is 2.27 bits per heavy atom. The summed E-state index contributed by atoms with van der Waals surface area (Å²) < 4.78 is 23.0. The number of hydrogen-bond donors (Lipinski definition) is 2. The van der Waals surface area contributed by atoms with Gasteiger partial charge in [-0.25, -0.2) is 8.42 Å². The molecule has 0 saturated carbocycles. The molecule has 136 valence electrons. The summed E-state index contributed by atoms with van der Waals surface area (Å²) in [7, 11) is -3.07. The summed E-state index contributed by atoms with van der Waals surface area (Å²) in [4.78, 5) is 24.7.